The van der Waals surface area contributed by atoms with Crippen molar-refractivity contribution in [2.24, 2.45) is 28.8 Å². The Bertz CT molecular complexity index is 2070. The molecule has 398 valence electrons. The van der Waals surface area contributed by atoms with Crippen molar-refractivity contribution in [2.75, 3.05) is 32.9 Å². The summed E-state index contributed by atoms with van der Waals surface area (Å²) >= 11 is 0. The Morgan fingerprint density at radius 1 is 0.903 bits per heavy atom. The van der Waals surface area contributed by atoms with Gasteiger partial charge in [0.05, 0.1) is 23.2 Å². The number of nitro groups is 1. The Labute approximate surface area is 429 Å². The first kappa shape index (κ1) is 56.5. The quantitative estimate of drug-likeness (QED) is 0.0269. The van der Waals surface area contributed by atoms with Gasteiger partial charge >= 0.3 is 6.09 Å². The molecular formula is C58H86N4O10. The molecule has 6 atom stereocenters. The lowest BCUT2D eigenvalue weighted by molar-refractivity contribution is -0.384. The van der Waals surface area contributed by atoms with E-state index in [1.165, 1.54) is 69.9 Å². The van der Waals surface area contributed by atoms with E-state index in [1.54, 1.807) is 24.3 Å². The smallest absolute Gasteiger partial charge is 0.412 e. The van der Waals surface area contributed by atoms with Crippen LogP contribution in [-0.4, -0.2) is 82.5 Å². The van der Waals surface area contributed by atoms with Crippen LogP contribution in [0.4, 0.5) is 10.5 Å². The van der Waals surface area contributed by atoms with Crippen molar-refractivity contribution in [2.45, 2.75) is 192 Å². The molecule has 2 amide bonds. The SMILES string of the molecule is C=CCO[C@@]12Oc3ccc(OC(=O)NCCCCCCCCCCCC)cc3[C@H]3[C@H](CCCCO)[C@@H](CCCCO)C=C(C(=NOCc4ccc([N+](=O)[O-])cc4)C[C@@H]1N(CCC)C(=O)CCC1CCCC1)[C@H]32. The van der Waals surface area contributed by atoms with Gasteiger partial charge in [-0.1, -0.05) is 127 Å². The fourth-order valence-corrected chi connectivity index (χ4v) is 12.0. The number of hydrogen-bond donors (Lipinski definition) is 3. The molecule has 0 bridgehead atoms. The van der Waals surface area contributed by atoms with Crippen molar-refractivity contribution in [1.29, 1.82) is 0 Å². The molecule has 4 aliphatic rings. The predicted octanol–water partition coefficient (Wildman–Crippen LogP) is 12.6. The van der Waals surface area contributed by atoms with Crippen LogP contribution < -0.4 is 14.8 Å². The maximum absolute atomic E-state index is 14.9. The number of nitrogens with zero attached hydrogens (tertiary/aromatic N) is 3. The van der Waals surface area contributed by atoms with Crippen molar-refractivity contribution in [3.63, 3.8) is 0 Å². The molecule has 0 spiro atoms. The van der Waals surface area contributed by atoms with E-state index >= 15 is 0 Å². The molecule has 2 saturated carbocycles. The highest BCUT2D eigenvalue weighted by Crippen LogP contribution is 2.62. The van der Waals surface area contributed by atoms with Crippen LogP contribution in [0.25, 0.3) is 0 Å². The zero-order valence-corrected chi connectivity index (χ0v) is 43.6. The summed E-state index contributed by atoms with van der Waals surface area (Å²) in [6, 6.07) is 11.2. The first-order chi connectivity index (χ1) is 35.2. The zero-order chi connectivity index (χ0) is 51.1. The number of benzene rings is 2. The Morgan fingerprint density at radius 2 is 1.60 bits per heavy atom. The van der Waals surface area contributed by atoms with Crippen LogP contribution in [0.15, 0.2) is 71.9 Å². The third-order valence-electron chi connectivity index (χ3n) is 15.6. The number of non-ortho nitro benzene ring substituents is 1. The molecule has 2 fully saturated rings. The van der Waals surface area contributed by atoms with Gasteiger partial charge in [0.15, 0.2) is 0 Å². The maximum Gasteiger partial charge on any atom is 0.412 e. The Kier molecular flexibility index (Phi) is 23.4. The van der Waals surface area contributed by atoms with E-state index in [1.807, 2.05) is 17.0 Å². The second kappa shape index (κ2) is 29.8. The highest BCUT2D eigenvalue weighted by Gasteiger charge is 2.65. The second-order valence-electron chi connectivity index (χ2n) is 20.7. The van der Waals surface area contributed by atoms with E-state index in [0.717, 1.165) is 75.3 Å². The van der Waals surface area contributed by atoms with Gasteiger partial charge in [0.2, 0.25) is 11.7 Å². The molecule has 72 heavy (non-hydrogen) atoms. The number of carbonyl (C=O) groups is 2. The van der Waals surface area contributed by atoms with E-state index < -0.39 is 28.8 Å². The van der Waals surface area contributed by atoms with Gasteiger partial charge in [-0.05, 0) is 104 Å². The summed E-state index contributed by atoms with van der Waals surface area (Å²) in [5, 5.41) is 39.4. The monoisotopic (exact) mass is 999 g/mol. The molecule has 1 heterocycles. The number of aliphatic hydroxyl groups excluding tert-OH is 2. The fraction of sp³-hybridized carbons (Fsp3) is 0.672. The van der Waals surface area contributed by atoms with Gasteiger partial charge in [-0.2, -0.15) is 0 Å². The normalized spacial score (nSPS) is 22.9. The number of oxime groups is 1. The van der Waals surface area contributed by atoms with Gasteiger partial charge < -0.3 is 39.5 Å². The van der Waals surface area contributed by atoms with Gasteiger partial charge in [-0.25, -0.2) is 4.79 Å². The summed E-state index contributed by atoms with van der Waals surface area (Å²) in [5.41, 5.74) is 3.14. The number of hydrogen-bond acceptors (Lipinski definition) is 11. The number of unbranched alkanes of at least 4 members (excludes halogenated alkanes) is 11. The third-order valence-corrected chi connectivity index (χ3v) is 15.6. The summed E-state index contributed by atoms with van der Waals surface area (Å²) in [4.78, 5) is 47.5. The van der Waals surface area contributed by atoms with E-state index in [2.05, 4.69) is 31.8 Å². The number of nitro benzene ring substituents is 1. The van der Waals surface area contributed by atoms with Crippen LogP contribution in [0.5, 0.6) is 11.5 Å². The van der Waals surface area contributed by atoms with Crippen molar-refractivity contribution < 1.29 is 43.8 Å². The molecule has 2 aromatic carbocycles. The summed E-state index contributed by atoms with van der Waals surface area (Å²) in [6.07, 6.45) is 26.8. The van der Waals surface area contributed by atoms with E-state index in [-0.39, 0.29) is 62.2 Å². The number of nitrogens with one attached hydrogen (secondary N) is 1. The molecule has 0 unspecified atom stereocenters. The van der Waals surface area contributed by atoms with Crippen LogP contribution in [0, 0.1) is 33.8 Å². The molecule has 14 nitrogen and oxygen atoms in total. The maximum atomic E-state index is 14.9. The molecule has 0 radical (unpaired) electrons. The zero-order valence-electron chi connectivity index (χ0n) is 43.6. The van der Waals surface area contributed by atoms with Gasteiger partial charge in [0.1, 0.15) is 24.1 Å². The molecule has 3 N–H and O–H groups in total. The molecule has 6 rings (SSSR count). The molecule has 0 saturated heterocycles. The summed E-state index contributed by atoms with van der Waals surface area (Å²) in [6.45, 7) is 9.74. The Hall–Kier alpha value is -4.79. The van der Waals surface area contributed by atoms with Gasteiger partial charge in [-0.15, -0.1) is 6.58 Å². The summed E-state index contributed by atoms with van der Waals surface area (Å²) < 4.78 is 20.6. The number of ether oxygens (including phenoxy) is 3. The molecule has 3 aliphatic carbocycles. The van der Waals surface area contributed by atoms with Crippen LogP contribution in [-0.2, 0) is 21.0 Å². The third kappa shape index (κ3) is 15.4. The number of fused-ring (bicyclic) bond motifs is 2. The van der Waals surface area contributed by atoms with Crippen LogP contribution in [0.1, 0.15) is 185 Å². The van der Waals surface area contributed by atoms with Crippen molar-refractivity contribution in [1.82, 2.24) is 10.2 Å². The van der Waals surface area contributed by atoms with Crippen molar-refractivity contribution in [3.05, 3.63) is 88.0 Å². The highest BCUT2D eigenvalue weighted by atomic mass is 16.7. The highest BCUT2D eigenvalue weighted by molar-refractivity contribution is 6.03. The first-order valence-corrected chi connectivity index (χ1v) is 27.9. The van der Waals surface area contributed by atoms with E-state index in [9.17, 15) is 29.9 Å². The van der Waals surface area contributed by atoms with Gasteiger partial charge in [-0.3, -0.25) is 14.9 Å². The van der Waals surface area contributed by atoms with Crippen LogP contribution in [0.3, 0.4) is 0 Å². The van der Waals surface area contributed by atoms with E-state index in [4.69, 9.17) is 24.2 Å². The van der Waals surface area contributed by atoms with Crippen LogP contribution >= 0.6 is 0 Å². The molecular weight excluding hydrogens is 913 g/mol. The predicted molar refractivity (Wildman–Crippen MR) is 282 cm³/mol. The topological polar surface area (TPSA) is 182 Å². The number of carbonyl (C=O) groups excluding carboxylic acids is 2. The molecule has 0 aromatic heterocycles. The lowest BCUT2D eigenvalue weighted by Crippen LogP contribution is -2.70. The second-order valence-corrected chi connectivity index (χ2v) is 20.7. The average Bonchev–Trinajstić information content (AvgIpc) is 3.91. The van der Waals surface area contributed by atoms with Gasteiger partial charge in [0, 0.05) is 62.8 Å². The van der Waals surface area contributed by atoms with Crippen molar-refractivity contribution >= 4 is 23.4 Å². The minimum absolute atomic E-state index is 0.00233. The molecule has 1 aliphatic heterocycles. The Morgan fingerprint density at radius 3 is 2.26 bits per heavy atom. The minimum Gasteiger partial charge on any atom is -0.459 e. The fourth-order valence-electron chi connectivity index (χ4n) is 12.0. The van der Waals surface area contributed by atoms with Crippen LogP contribution in [0.2, 0.25) is 0 Å². The Balaban J connectivity index is 1.39. The largest absolute Gasteiger partial charge is 0.459 e. The molecule has 14 heteroatoms. The lowest BCUT2D eigenvalue weighted by Gasteiger charge is -2.60. The minimum atomic E-state index is -1.40. The lowest BCUT2D eigenvalue weighted by atomic mass is 9.55. The van der Waals surface area contributed by atoms with Gasteiger partial charge in [0.25, 0.3) is 5.69 Å². The summed E-state index contributed by atoms with van der Waals surface area (Å²) in [7, 11) is 0. The number of amides is 2. The number of allylic oxidation sites excluding steroid dienone is 1. The molecule has 2 aromatic rings. The first-order valence-electron chi connectivity index (χ1n) is 27.9. The number of aliphatic hydroxyl groups is 2. The van der Waals surface area contributed by atoms with E-state index in [0.29, 0.717) is 67.5 Å². The standard InChI is InChI=1S/C58H86N4O10/c1-4-7-8-9-10-11-12-13-14-19-34-59-57(66)71-47-31-32-52-50(40-47)55-48(25-18-21-37-64)45(24-17-20-36-63)39-49-51(60-70-42-44-26-29-46(30-27-44)62(67)68)41-53(58(72-52,56(49)55)69-38-6-3)61(35-5-2)54(65)33-28-43-22-15-16-23-43/h6,26-27,29-32,39-40,43,45,48,53,55-56,63-64H,3-5,7-25,28,33-38,41-42H2,1-2H3,(H,59,66)/t45-,48+,53-,55+,56+,58+/m0/s1. The number of rotatable bonds is 33. The van der Waals surface area contributed by atoms with Crippen molar-refractivity contribution in [3.8, 4) is 11.5 Å². The summed E-state index contributed by atoms with van der Waals surface area (Å²) in [5.74, 6) is -0.627. The average molecular weight is 999 g/mol.